The Hall–Kier alpha value is -1.35. The van der Waals surface area contributed by atoms with Gasteiger partial charge in [-0.3, -0.25) is 9.69 Å². The molecule has 2 aliphatic rings. The molecule has 102 valence electrons. The van der Waals surface area contributed by atoms with E-state index in [1.165, 1.54) is 19.3 Å². The van der Waals surface area contributed by atoms with E-state index in [4.69, 9.17) is 0 Å². The quantitative estimate of drug-likeness (QED) is 0.814. The molecule has 3 heteroatoms. The monoisotopic (exact) mass is 258 g/mol. The normalized spacial score (nSPS) is 28.9. The highest BCUT2D eigenvalue weighted by Crippen LogP contribution is 2.30. The van der Waals surface area contributed by atoms with Gasteiger partial charge < -0.3 is 4.90 Å². The molecule has 2 fully saturated rings. The summed E-state index contributed by atoms with van der Waals surface area (Å²) in [7, 11) is 0. The molecule has 2 saturated heterocycles. The predicted molar refractivity (Wildman–Crippen MR) is 77.2 cm³/mol. The topological polar surface area (TPSA) is 23.6 Å². The van der Waals surface area contributed by atoms with Crippen LogP contribution in [0.15, 0.2) is 30.3 Å². The fourth-order valence-corrected chi connectivity index (χ4v) is 3.41. The molecule has 2 heterocycles. The van der Waals surface area contributed by atoms with Gasteiger partial charge in [-0.2, -0.15) is 0 Å². The Morgan fingerprint density at radius 2 is 1.74 bits per heavy atom. The van der Waals surface area contributed by atoms with Crippen molar-refractivity contribution < 1.29 is 4.79 Å². The van der Waals surface area contributed by atoms with Crippen molar-refractivity contribution in [3.05, 3.63) is 30.3 Å². The van der Waals surface area contributed by atoms with E-state index >= 15 is 0 Å². The van der Waals surface area contributed by atoms with Gasteiger partial charge in [-0.15, -0.1) is 0 Å². The molecule has 0 N–H and O–H groups in total. The van der Waals surface area contributed by atoms with Crippen LogP contribution < -0.4 is 4.90 Å². The average Bonchev–Trinajstić information content (AvgIpc) is 2.76. The number of piperidine rings is 1. The van der Waals surface area contributed by atoms with Crippen LogP contribution in [-0.2, 0) is 4.79 Å². The van der Waals surface area contributed by atoms with Gasteiger partial charge in [-0.25, -0.2) is 0 Å². The number of carbonyl (C=O) groups is 1. The number of benzene rings is 1. The molecule has 1 aromatic carbocycles. The second-order valence-electron chi connectivity index (χ2n) is 5.74. The minimum absolute atomic E-state index is 0.107. The van der Waals surface area contributed by atoms with E-state index in [9.17, 15) is 4.79 Å². The van der Waals surface area contributed by atoms with E-state index in [0.29, 0.717) is 11.9 Å². The Labute approximate surface area is 115 Å². The van der Waals surface area contributed by atoms with Crippen molar-refractivity contribution in [2.75, 3.05) is 18.0 Å². The van der Waals surface area contributed by atoms with Crippen molar-refractivity contribution in [1.29, 1.82) is 0 Å². The summed E-state index contributed by atoms with van der Waals surface area (Å²) >= 11 is 0. The van der Waals surface area contributed by atoms with Crippen molar-refractivity contribution in [3.8, 4) is 0 Å². The summed E-state index contributed by atoms with van der Waals surface area (Å²) in [5.41, 5.74) is 1.04. The summed E-state index contributed by atoms with van der Waals surface area (Å²) in [6.07, 6.45) is 4.76. The zero-order valence-corrected chi connectivity index (χ0v) is 11.6. The SMILES string of the molecule is C[C@H]1C[C@H](N2CCCCC2)C(=O)N1c1ccccc1. The van der Waals surface area contributed by atoms with Crippen molar-refractivity contribution in [2.45, 2.75) is 44.7 Å². The fraction of sp³-hybridized carbons (Fsp3) is 0.562. The number of anilines is 1. The van der Waals surface area contributed by atoms with E-state index in [0.717, 1.165) is 25.2 Å². The van der Waals surface area contributed by atoms with Crippen LogP contribution in [0.2, 0.25) is 0 Å². The maximum absolute atomic E-state index is 12.7. The van der Waals surface area contributed by atoms with Crippen molar-refractivity contribution in [1.82, 2.24) is 4.90 Å². The van der Waals surface area contributed by atoms with E-state index in [-0.39, 0.29) is 6.04 Å². The number of hydrogen-bond acceptors (Lipinski definition) is 2. The van der Waals surface area contributed by atoms with E-state index in [1.54, 1.807) is 0 Å². The molecule has 1 aromatic rings. The van der Waals surface area contributed by atoms with Crippen molar-refractivity contribution in [2.24, 2.45) is 0 Å². The summed E-state index contributed by atoms with van der Waals surface area (Å²) in [6.45, 7) is 4.34. The van der Waals surface area contributed by atoms with E-state index in [1.807, 2.05) is 35.2 Å². The number of para-hydroxylation sites is 1. The molecule has 2 aliphatic heterocycles. The van der Waals surface area contributed by atoms with E-state index < -0.39 is 0 Å². The lowest BCUT2D eigenvalue weighted by molar-refractivity contribution is -0.122. The molecule has 0 spiro atoms. The standard InChI is InChI=1S/C16H22N2O/c1-13-12-15(17-10-6-3-7-11-17)16(19)18(13)14-8-4-2-5-9-14/h2,4-5,8-9,13,15H,3,6-7,10-12H2,1H3/t13-,15-/m0/s1. The van der Waals surface area contributed by atoms with Crippen LogP contribution in [0.5, 0.6) is 0 Å². The van der Waals surface area contributed by atoms with Gasteiger partial charge in [-0.05, 0) is 51.4 Å². The van der Waals surface area contributed by atoms with Gasteiger partial charge in [0.25, 0.3) is 0 Å². The number of likely N-dealkylation sites (tertiary alicyclic amines) is 1. The Bertz CT molecular complexity index is 439. The van der Waals surface area contributed by atoms with Crippen molar-refractivity contribution in [3.63, 3.8) is 0 Å². The average molecular weight is 258 g/mol. The van der Waals surface area contributed by atoms with Crippen LogP contribution in [0, 0.1) is 0 Å². The van der Waals surface area contributed by atoms with Crippen LogP contribution in [0.3, 0.4) is 0 Å². The molecule has 0 radical (unpaired) electrons. The molecule has 2 atom stereocenters. The molecule has 0 unspecified atom stereocenters. The third-order valence-electron chi connectivity index (χ3n) is 4.39. The van der Waals surface area contributed by atoms with Gasteiger partial charge in [-0.1, -0.05) is 24.6 Å². The highest BCUT2D eigenvalue weighted by atomic mass is 16.2. The maximum atomic E-state index is 12.7. The first kappa shape index (κ1) is 12.7. The molecule has 3 nitrogen and oxygen atoms in total. The molecule has 3 rings (SSSR count). The van der Waals surface area contributed by atoms with E-state index in [2.05, 4.69) is 11.8 Å². The largest absolute Gasteiger partial charge is 0.308 e. The summed E-state index contributed by atoms with van der Waals surface area (Å²) < 4.78 is 0. The summed E-state index contributed by atoms with van der Waals surface area (Å²) in [6, 6.07) is 10.5. The van der Waals surface area contributed by atoms with Crippen LogP contribution in [0.1, 0.15) is 32.6 Å². The van der Waals surface area contributed by atoms with Crippen LogP contribution in [0.25, 0.3) is 0 Å². The highest BCUT2D eigenvalue weighted by Gasteiger charge is 2.41. The van der Waals surface area contributed by atoms with Gasteiger partial charge in [0.05, 0.1) is 6.04 Å². The summed E-state index contributed by atoms with van der Waals surface area (Å²) in [4.78, 5) is 17.1. The van der Waals surface area contributed by atoms with Crippen molar-refractivity contribution >= 4 is 11.6 Å². The highest BCUT2D eigenvalue weighted by molar-refractivity contribution is 6.00. The minimum Gasteiger partial charge on any atom is -0.308 e. The Morgan fingerprint density at radius 3 is 2.42 bits per heavy atom. The van der Waals surface area contributed by atoms with Gasteiger partial charge in [0, 0.05) is 11.7 Å². The summed E-state index contributed by atoms with van der Waals surface area (Å²) in [5, 5.41) is 0. The Balaban J connectivity index is 1.79. The maximum Gasteiger partial charge on any atom is 0.244 e. The van der Waals surface area contributed by atoms with Crippen LogP contribution >= 0.6 is 0 Å². The number of amides is 1. The third kappa shape index (κ3) is 2.39. The van der Waals surface area contributed by atoms with Gasteiger partial charge in [0.15, 0.2) is 0 Å². The molecule has 1 amide bonds. The zero-order chi connectivity index (χ0) is 13.2. The Morgan fingerprint density at radius 1 is 1.05 bits per heavy atom. The number of nitrogens with zero attached hydrogens (tertiary/aromatic N) is 2. The molecular formula is C16H22N2O. The lowest BCUT2D eigenvalue weighted by atomic mass is 10.1. The third-order valence-corrected chi connectivity index (χ3v) is 4.39. The fourth-order valence-electron chi connectivity index (χ4n) is 3.41. The predicted octanol–water partition coefficient (Wildman–Crippen LogP) is 2.67. The Kier molecular flexibility index (Phi) is 3.56. The summed E-state index contributed by atoms with van der Waals surface area (Å²) in [5.74, 6) is 0.292. The number of hydrogen-bond donors (Lipinski definition) is 0. The van der Waals surface area contributed by atoms with Crippen LogP contribution in [0.4, 0.5) is 5.69 Å². The molecule has 0 bridgehead atoms. The smallest absolute Gasteiger partial charge is 0.244 e. The minimum atomic E-state index is 0.107. The van der Waals surface area contributed by atoms with Gasteiger partial charge in [0.2, 0.25) is 5.91 Å². The van der Waals surface area contributed by atoms with Gasteiger partial charge >= 0.3 is 0 Å². The first-order chi connectivity index (χ1) is 9.27. The lowest BCUT2D eigenvalue weighted by Gasteiger charge is -2.31. The zero-order valence-electron chi connectivity index (χ0n) is 11.6. The van der Waals surface area contributed by atoms with Crippen LogP contribution in [-0.4, -0.2) is 36.0 Å². The molecule has 0 aliphatic carbocycles. The molecular weight excluding hydrogens is 236 g/mol. The molecule has 19 heavy (non-hydrogen) atoms. The first-order valence-corrected chi connectivity index (χ1v) is 7.39. The number of carbonyl (C=O) groups excluding carboxylic acids is 1. The number of rotatable bonds is 2. The second-order valence-corrected chi connectivity index (χ2v) is 5.74. The molecule has 0 saturated carbocycles. The molecule has 0 aromatic heterocycles. The second kappa shape index (κ2) is 5.33. The first-order valence-electron chi connectivity index (χ1n) is 7.39. The lowest BCUT2D eigenvalue weighted by Crippen LogP contribution is -2.44. The van der Waals surface area contributed by atoms with Gasteiger partial charge in [0.1, 0.15) is 0 Å².